The molecule has 5 atom stereocenters. The fraction of sp³-hybridized carbons (Fsp3) is 0.636. The van der Waals surface area contributed by atoms with Gasteiger partial charge in [0.2, 0.25) is 0 Å². The van der Waals surface area contributed by atoms with E-state index in [9.17, 15) is 14.7 Å². The third kappa shape index (κ3) is 2.98. The Labute approximate surface area is 165 Å². The molecule has 154 valence electrons. The average molecular weight is 390 g/mol. The lowest BCUT2D eigenvalue weighted by Gasteiger charge is -2.58. The molecule has 1 aromatic rings. The van der Waals surface area contributed by atoms with E-state index in [1.165, 1.54) is 6.92 Å². The van der Waals surface area contributed by atoms with E-state index in [0.29, 0.717) is 30.6 Å². The van der Waals surface area contributed by atoms with E-state index < -0.39 is 23.1 Å². The molecule has 0 bridgehead atoms. The number of furan rings is 1. The molecule has 0 aliphatic heterocycles. The van der Waals surface area contributed by atoms with Crippen molar-refractivity contribution >= 4 is 11.9 Å². The first-order valence-electron chi connectivity index (χ1n) is 9.85. The standard InChI is InChI=1S/C22H30O6/c1-7-12(2)20(24)28-19-18-13(3)11-26-17(18)10-22(25)9-8-16(27-15(5)23)14(4)21(19,22)6/h7,11,14,16,19,25H,8-10H2,1-6H3/b12-7-/t14-,16-,19+,21-,22-/m0/s1. The summed E-state index contributed by atoms with van der Waals surface area (Å²) in [7, 11) is 0. The molecule has 0 saturated heterocycles. The number of carbonyl (C=O) groups is 2. The number of esters is 2. The van der Waals surface area contributed by atoms with E-state index in [-0.39, 0.29) is 18.0 Å². The van der Waals surface area contributed by atoms with E-state index in [2.05, 4.69) is 0 Å². The van der Waals surface area contributed by atoms with Crippen LogP contribution < -0.4 is 0 Å². The Morgan fingerprint density at radius 3 is 2.61 bits per heavy atom. The quantitative estimate of drug-likeness (QED) is 0.624. The van der Waals surface area contributed by atoms with Crippen LogP contribution in [-0.2, 0) is 25.5 Å². The molecule has 0 unspecified atom stereocenters. The van der Waals surface area contributed by atoms with Crippen molar-refractivity contribution in [3.05, 3.63) is 34.8 Å². The number of rotatable bonds is 3. The van der Waals surface area contributed by atoms with E-state index in [0.717, 1.165) is 11.1 Å². The Hall–Kier alpha value is -2.08. The Kier molecular flexibility index (Phi) is 5.21. The minimum atomic E-state index is -1.13. The number of allylic oxidation sites excluding steroid dienone is 1. The molecule has 2 aliphatic carbocycles. The van der Waals surface area contributed by atoms with Gasteiger partial charge in [0.05, 0.1) is 11.9 Å². The van der Waals surface area contributed by atoms with Gasteiger partial charge in [-0.3, -0.25) is 4.79 Å². The second kappa shape index (κ2) is 7.07. The molecule has 1 N–H and O–H groups in total. The zero-order chi connectivity index (χ0) is 20.9. The molecular formula is C22H30O6. The minimum absolute atomic E-state index is 0.221. The number of hydrogen-bond acceptors (Lipinski definition) is 6. The van der Waals surface area contributed by atoms with Gasteiger partial charge in [-0.1, -0.05) is 19.9 Å². The summed E-state index contributed by atoms with van der Waals surface area (Å²) in [4.78, 5) is 24.3. The topological polar surface area (TPSA) is 86.0 Å². The van der Waals surface area contributed by atoms with Gasteiger partial charge in [0.25, 0.3) is 0 Å². The van der Waals surface area contributed by atoms with Gasteiger partial charge in [-0.2, -0.15) is 0 Å². The van der Waals surface area contributed by atoms with Gasteiger partial charge < -0.3 is 19.0 Å². The minimum Gasteiger partial charge on any atom is -0.469 e. The van der Waals surface area contributed by atoms with Crippen LogP contribution in [0.3, 0.4) is 0 Å². The van der Waals surface area contributed by atoms with E-state index in [1.807, 2.05) is 20.8 Å². The number of fused-ring (bicyclic) bond motifs is 2. The molecule has 28 heavy (non-hydrogen) atoms. The molecule has 1 saturated carbocycles. The smallest absolute Gasteiger partial charge is 0.334 e. The molecule has 2 aliphatic rings. The van der Waals surface area contributed by atoms with Crippen molar-refractivity contribution in [1.82, 2.24) is 0 Å². The highest BCUT2D eigenvalue weighted by Crippen LogP contribution is 2.61. The second-order valence-corrected chi connectivity index (χ2v) is 8.48. The van der Waals surface area contributed by atoms with Crippen molar-refractivity contribution < 1.29 is 28.6 Å². The highest BCUT2D eigenvalue weighted by atomic mass is 16.6. The van der Waals surface area contributed by atoms with Crippen LogP contribution in [0, 0.1) is 18.3 Å². The first kappa shape index (κ1) is 20.6. The number of aryl methyl sites for hydroxylation is 1. The summed E-state index contributed by atoms with van der Waals surface area (Å²) < 4.78 is 17.3. The average Bonchev–Trinajstić information content (AvgIpc) is 2.99. The van der Waals surface area contributed by atoms with Crippen LogP contribution in [-0.4, -0.2) is 28.8 Å². The molecule has 6 heteroatoms. The monoisotopic (exact) mass is 390 g/mol. The molecule has 1 aromatic heterocycles. The second-order valence-electron chi connectivity index (χ2n) is 8.48. The summed E-state index contributed by atoms with van der Waals surface area (Å²) in [6, 6.07) is 0. The maximum Gasteiger partial charge on any atom is 0.334 e. The number of ether oxygens (including phenoxy) is 2. The van der Waals surface area contributed by atoms with E-state index in [4.69, 9.17) is 13.9 Å². The third-order valence-corrected chi connectivity index (χ3v) is 7.01. The highest BCUT2D eigenvalue weighted by molar-refractivity contribution is 5.88. The Bertz CT molecular complexity index is 821. The fourth-order valence-corrected chi connectivity index (χ4v) is 4.91. The fourth-order valence-electron chi connectivity index (χ4n) is 4.91. The molecule has 6 nitrogen and oxygen atoms in total. The predicted octanol–water partition coefficient (Wildman–Crippen LogP) is 3.79. The van der Waals surface area contributed by atoms with Crippen molar-refractivity contribution in [2.75, 3.05) is 0 Å². The van der Waals surface area contributed by atoms with E-state index in [1.54, 1.807) is 26.2 Å². The zero-order valence-electron chi connectivity index (χ0n) is 17.5. The molecule has 3 rings (SSSR count). The summed E-state index contributed by atoms with van der Waals surface area (Å²) in [6.45, 7) is 10.7. The van der Waals surface area contributed by atoms with E-state index >= 15 is 0 Å². The van der Waals surface area contributed by atoms with Crippen LogP contribution in [0.25, 0.3) is 0 Å². The summed E-state index contributed by atoms with van der Waals surface area (Å²) in [5.74, 6) is -0.334. The van der Waals surface area contributed by atoms with Crippen molar-refractivity contribution in [2.45, 2.75) is 78.6 Å². The molecule has 0 spiro atoms. The summed E-state index contributed by atoms with van der Waals surface area (Å²) in [5, 5.41) is 11.7. The van der Waals surface area contributed by atoms with Crippen LogP contribution in [0.4, 0.5) is 0 Å². The van der Waals surface area contributed by atoms with Crippen LogP contribution in [0.15, 0.2) is 22.3 Å². The van der Waals surface area contributed by atoms with Crippen LogP contribution >= 0.6 is 0 Å². The van der Waals surface area contributed by atoms with Gasteiger partial charge in [-0.25, -0.2) is 4.79 Å². The zero-order valence-corrected chi connectivity index (χ0v) is 17.5. The number of hydrogen-bond donors (Lipinski definition) is 1. The lowest BCUT2D eigenvalue weighted by atomic mass is 9.51. The van der Waals surface area contributed by atoms with Crippen LogP contribution in [0.2, 0.25) is 0 Å². The molecule has 0 amide bonds. The molecule has 1 heterocycles. The van der Waals surface area contributed by atoms with Crippen LogP contribution in [0.5, 0.6) is 0 Å². The van der Waals surface area contributed by atoms with Crippen molar-refractivity contribution in [3.63, 3.8) is 0 Å². The largest absolute Gasteiger partial charge is 0.469 e. The maximum atomic E-state index is 12.7. The van der Waals surface area contributed by atoms with Gasteiger partial charge in [0.15, 0.2) is 0 Å². The Morgan fingerprint density at radius 2 is 2.00 bits per heavy atom. The molecular weight excluding hydrogens is 360 g/mol. The Balaban J connectivity index is 2.12. The third-order valence-electron chi connectivity index (χ3n) is 7.01. The van der Waals surface area contributed by atoms with Gasteiger partial charge >= 0.3 is 11.9 Å². The lowest BCUT2D eigenvalue weighted by Crippen LogP contribution is -2.63. The number of aliphatic hydroxyl groups is 1. The molecule has 0 aromatic carbocycles. The summed E-state index contributed by atoms with van der Waals surface area (Å²) >= 11 is 0. The SMILES string of the molecule is C/C=C(/C)C(=O)O[C@@H]1c2c(C)coc2C[C@@]2(O)CC[C@H](OC(C)=O)[C@H](C)[C@@]12C. The Morgan fingerprint density at radius 1 is 1.32 bits per heavy atom. The van der Waals surface area contributed by atoms with Crippen molar-refractivity contribution in [1.29, 1.82) is 0 Å². The van der Waals surface area contributed by atoms with Gasteiger partial charge in [-0.05, 0) is 39.2 Å². The summed E-state index contributed by atoms with van der Waals surface area (Å²) in [6.07, 6.45) is 3.64. The normalized spacial score (nSPS) is 35.0. The lowest BCUT2D eigenvalue weighted by molar-refractivity contribution is -0.234. The first-order valence-corrected chi connectivity index (χ1v) is 9.85. The van der Waals surface area contributed by atoms with Crippen molar-refractivity contribution in [3.8, 4) is 0 Å². The molecule has 0 radical (unpaired) electrons. The molecule has 1 fully saturated rings. The number of carbonyl (C=O) groups excluding carboxylic acids is 2. The van der Waals surface area contributed by atoms with Gasteiger partial charge in [0.1, 0.15) is 18.0 Å². The van der Waals surface area contributed by atoms with Gasteiger partial charge in [-0.15, -0.1) is 0 Å². The van der Waals surface area contributed by atoms with Crippen LogP contribution in [0.1, 0.15) is 70.5 Å². The predicted molar refractivity (Wildman–Crippen MR) is 102 cm³/mol. The highest BCUT2D eigenvalue weighted by Gasteiger charge is 2.65. The first-order chi connectivity index (χ1) is 13.0. The summed E-state index contributed by atoms with van der Waals surface area (Å²) in [5.41, 5.74) is 0.238. The van der Waals surface area contributed by atoms with Crippen molar-refractivity contribution in [2.24, 2.45) is 11.3 Å². The van der Waals surface area contributed by atoms with Gasteiger partial charge in [0, 0.05) is 35.8 Å². The maximum absolute atomic E-state index is 12.7.